The fourth-order valence-corrected chi connectivity index (χ4v) is 2.70. The molecule has 0 spiro atoms. The SMILES string of the molecule is COC(=O)c1ccnc(NC(=O)[C@H]2CCC[C@H](C(F)(F)F)C2)c1. The molecule has 1 heterocycles. The average molecular weight is 330 g/mol. The Bertz CT molecular complexity index is 590. The van der Waals surface area contributed by atoms with Crippen molar-refractivity contribution in [2.75, 3.05) is 12.4 Å². The molecule has 0 radical (unpaired) electrons. The highest BCUT2D eigenvalue weighted by atomic mass is 19.4. The largest absolute Gasteiger partial charge is 0.465 e. The average Bonchev–Trinajstić information content (AvgIpc) is 2.53. The van der Waals surface area contributed by atoms with E-state index in [1.807, 2.05) is 0 Å². The Morgan fingerprint density at radius 3 is 2.74 bits per heavy atom. The van der Waals surface area contributed by atoms with Crippen LogP contribution in [0.1, 0.15) is 36.0 Å². The molecule has 0 aromatic carbocycles. The molecular formula is C15H17F3N2O3. The number of ether oxygens (including phenoxy) is 1. The van der Waals surface area contributed by atoms with Gasteiger partial charge >= 0.3 is 12.1 Å². The lowest BCUT2D eigenvalue weighted by molar-refractivity contribution is -0.185. The van der Waals surface area contributed by atoms with Crippen molar-refractivity contribution in [2.45, 2.75) is 31.9 Å². The molecule has 0 bridgehead atoms. The lowest BCUT2D eigenvalue weighted by atomic mass is 9.80. The summed E-state index contributed by atoms with van der Waals surface area (Å²) in [6, 6.07) is 2.75. The molecule has 1 aromatic heterocycles. The van der Waals surface area contributed by atoms with Crippen LogP contribution >= 0.6 is 0 Å². The zero-order chi connectivity index (χ0) is 17.0. The maximum atomic E-state index is 12.8. The molecule has 0 unspecified atom stereocenters. The van der Waals surface area contributed by atoms with Gasteiger partial charge in [0, 0.05) is 12.1 Å². The summed E-state index contributed by atoms with van der Waals surface area (Å²) in [7, 11) is 1.22. The Balaban J connectivity index is 2.03. The van der Waals surface area contributed by atoms with E-state index in [-0.39, 0.29) is 24.2 Å². The minimum absolute atomic E-state index is 0.0589. The summed E-state index contributed by atoms with van der Waals surface area (Å²) < 4.78 is 42.9. The molecule has 126 valence electrons. The number of pyridine rings is 1. The number of hydrogen-bond acceptors (Lipinski definition) is 4. The van der Waals surface area contributed by atoms with Crippen LogP contribution in [0.2, 0.25) is 0 Å². The summed E-state index contributed by atoms with van der Waals surface area (Å²) in [5.74, 6) is -3.13. The molecule has 1 saturated carbocycles. The van der Waals surface area contributed by atoms with E-state index < -0.39 is 29.9 Å². The first-order valence-corrected chi connectivity index (χ1v) is 7.23. The fourth-order valence-electron chi connectivity index (χ4n) is 2.70. The van der Waals surface area contributed by atoms with Crippen LogP contribution in [0.4, 0.5) is 19.0 Å². The number of carbonyl (C=O) groups is 2. The number of nitrogens with zero attached hydrogens (tertiary/aromatic N) is 1. The molecule has 8 heteroatoms. The van der Waals surface area contributed by atoms with E-state index in [2.05, 4.69) is 15.0 Å². The maximum Gasteiger partial charge on any atom is 0.391 e. The third kappa shape index (κ3) is 4.43. The van der Waals surface area contributed by atoms with E-state index in [1.165, 1.54) is 25.4 Å². The molecule has 2 rings (SSSR count). The summed E-state index contributed by atoms with van der Waals surface area (Å²) in [4.78, 5) is 27.5. The highest BCUT2D eigenvalue weighted by molar-refractivity contribution is 5.94. The van der Waals surface area contributed by atoms with Crippen molar-refractivity contribution in [3.8, 4) is 0 Å². The summed E-state index contributed by atoms with van der Waals surface area (Å²) in [5, 5.41) is 2.48. The molecule has 0 saturated heterocycles. The molecule has 23 heavy (non-hydrogen) atoms. The minimum Gasteiger partial charge on any atom is -0.465 e. The number of methoxy groups -OCH3 is 1. The molecule has 1 N–H and O–H groups in total. The lowest BCUT2D eigenvalue weighted by Crippen LogP contribution is -2.34. The monoisotopic (exact) mass is 330 g/mol. The smallest absolute Gasteiger partial charge is 0.391 e. The van der Waals surface area contributed by atoms with Crippen molar-refractivity contribution in [3.63, 3.8) is 0 Å². The van der Waals surface area contributed by atoms with E-state index in [0.29, 0.717) is 12.8 Å². The number of aromatic nitrogens is 1. The number of halogens is 3. The molecule has 1 aliphatic rings. The van der Waals surface area contributed by atoms with Gasteiger partial charge in [0.2, 0.25) is 5.91 Å². The summed E-state index contributed by atoms with van der Waals surface area (Å²) in [6.45, 7) is 0. The molecular weight excluding hydrogens is 313 g/mol. The standard InChI is InChI=1S/C15H17F3N2O3/c1-23-14(22)10-5-6-19-12(8-10)20-13(21)9-3-2-4-11(7-9)15(16,17)18/h5-6,8-9,11H,2-4,7H2,1H3,(H,19,20,21)/t9-,11-/m0/s1. The third-order valence-corrected chi connectivity index (χ3v) is 3.94. The van der Waals surface area contributed by atoms with Gasteiger partial charge in [0.05, 0.1) is 18.6 Å². The number of alkyl halides is 3. The number of anilines is 1. The second-order valence-corrected chi connectivity index (χ2v) is 5.51. The van der Waals surface area contributed by atoms with Crippen molar-refractivity contribution >= 4 is 17.7 Å². The van der Waals surface area contributed by atoms with Crippen LogP contribution in [-0.4, -0.2) is 30.1 Å². The van der Waals surface area contributed by atoms with Gasteiger partial charge in [0.1, 0.15) is 5.82 Å². The number of nitrogens with one attached hydrogen (secondary N) is 1. The number of amides is 1. The number of rotatable bonds is 3. The quantitative estimate of drug-likeness (QED) is 0.864. The van der Waals surface area contributed by atoms with Crippen molar-refractivity contribution in [1.82, 2.24) is 4.98 Å². The van der Waals surface area contributed by atoms with Crippen LogP contribution < -0.4 is 5.32 Å². The highest BCUT2D eigenvalue weighted by Gasteiger charge is 2.43. The first-order chi connectivity index (χ1) is 10.8. The molecule has 1 fully saturated rings. The molecule has 1 aromatic rings. The molecule has 1 aliphatic carbocycles. The van der Waals surface area contributed by atoms with Crippen LogP contribution in [0, 0.1) is 11.8 Å². The summed E-state index contributed by atoms with van der Waals surface area (Å²) in [6.07, 6.45) is -2.34. The van der Waals surface area contributed by atoms with Gasteiger partial charge in [-0.25, -0.2) is 9.78 Å². The Morgan fingerprint density at radius 2 is 2.09 bits per heavy atom. The van der Waals surface area contributed by atoms with E-state index in [0.717, 1.165) is 0 Å². The molecule has 5 nitrogen and oxygen atoms in total. The van der Waals surface area contributed by atoms with Gasteiger partial charge in [0.25, 0.3) is 0 Å². The van der Waals surface area contributed by atoms with Gasteiger partial charge in [-0.1, -0.05) is 6.42 Å². The van der Waals surface area contributed by atoms with Crippen molar-refractivity contribution in [2.24, 2.45) is 11.8 Å². The van der Waals surface area contributed by atoms with Gasteiger partial charge in [-0.3, -0.25) is 4.79 Å². The third-order valence-electron chi connectivity index (χ3n) is 3.94. The van der Waals surface area contributed by atoms with Crippen LogP contribution in [0.15, 0.2) is 18.3 Å². The fraction of sp³-hybridized carbons (Fsp3) is 0.533. The molecule has 1 amide bonds. The van der Waals surface area contributed by atoms with Gasteiger partial charge < -0.3 is 10.1 Å². The summed E-state index contributed by atoms with van der Waals surface area (Å²) >= 11 is 0. The van der Waals surface area contributed by atoms with E-state index in [9.17, 15) is 22.8 Å². The predicted octanol–water partition coefficient (Wildman–Crippen LogP) is 3.18. The van der Waals surface area contributed by atoms with Crippen LogP contribution in [0.3, 0.4) is 0 Å². The Hall–Kier alpha value is -2.12. The topological polar surface area (TPSA) is 68.3 Å². The Morgan fingerprint density at radius 1 is 1.35 bits per heavy atom. The second kappa shape index (κ2) is 6.97. The van der Waals surface area contributed by atoms with E-state index in [1.54, 1.807) is 0 Å². The summed E-state index contributed by atoms with van der Waals surface area (Å²) in [5.41, 5.74) is 0.203. The highest BCUT2D eigenvalue weighted by Crippen LogP contribution is 2.40. The number of hydrogen-bond donors (Lipinski definition) is 1. The maximum absolute atomic E-state index is 12.8. The number of carbonyl (C=O) groups excluding carboxylic acids is 2. The van der Waals surface area contributed by atoms with E-state index >= 15 is 0 Å². The van der Waals surface area contributed by atoms with Gasteiger partial charge in [0.15, 0.2) is 0 Å². The number of esters is 1. The van der Waals surface area contributed by atoms with Gasteiger partial charge in [-0.15, -0.1) is 0 Å². The molecule has 0 aliphatic heterocycles. The van der Waals surface area contributed by atoms with Crippen molar-refractivity contribution in [3.05, 3.63) is 23.9 Å². The first kappa shape index (κ1) is 17.2. The van der Waals surface area contributed by atoms with Crippen LogP contribution in [0.25, 0.3) is 0 Å². The zero-order valence-electron chi connectivity index (χ0n) is 12.5. The predicted molar refractivity (Wildman–Crippen MR) is 75.7 cm³/mol. The zero-order valence-corrected chi connectivity index (χ0v) is 12.5. The minimum atomic E-state index is -4.28. The molecule has 2 atom stereocenters. The van der Waals surface area contributed by atoms with E-state index in [4.69, 9.17) is 0 Å². The normalized spacial score (nSPS) is 21.6. The second-order valence-electron chi connectivity index (χ2n) is 5.51. The first-order valence-electron chi connectivity index (χ1n) is 7.23. The van der Waals surface area contributed by atoms with Crippen LogP contribution in [0.5, 0.6) is 0 Å². The van der Waals surface area contributed by atoms with Crippen molar-refractivity contribution in [1.29, 1.82) is 0 Å². The Kier molecular flexibility index (Phi) is 5.23. The van der Waals surface area contributed by atoms with Crippen molar-refractivity contribution < 1.29 is 27.5 Å². The van der Waals surface area contributed by atoms with Crippen LogP contribution in [-0.2, 0) is 9.53 Å². The lowest BCUT2D eigenvalue weighted by Gasteiger charge is -2.29. The van der Waals surface area contributed by atoms with Gasteiger partial charge in [-0.2, -0.15) is 13.2 Å². The van der Waals surface area contributed by atoms with Gasteiger partial charge in [-0.05, 0) is 31.4 Å². The Labute approximate surface area is 131 Å².